The van der Waals surface area contributed by atoms with Gasteiger partial charge >= 0.3 is 0 Å². The molecule has 4 rings (SSSR count). The van der Waals surface area contributed by atoms with Crippen LogP contribution in [0.2, 0.25) is 0 Å². The normalized spacial score (nSPS) is 26.3. The van der Waals surface area contributed by atoms with E-state index >= 15 is 0 Å². The van der Waals surface area contributed by atoms with Gasteiger partial charge in [0.05, 0.1) is 6.10 Å². The molecule has 1 unspecified atom stereocenters. The number of pyridine rings is 1. The Morgan fingerprint density at radius 1 is 1.20 bits per heavy atom. The van der Waals surface area contributed by atoms with E-state index < -0.39 is 5.79 Å². The van der Waals surface area contributed by atoms with Crippen LogP contribution < -0.4 is 10.1 Å². The summed E-state index contributed by atoms with van der Waals surface area (Å²) in [5, 5.41) is 12.4. The van der Waals surface area contributed by atoms with Crippen LogP contribution in [0.3, 0.4) is 0 Å². The van der Waals surface area contributed by atoms with Gasteiger partial charge in [0.15, 0.2) is 0 Å². The third-order valence-corrected chi connectivity index (χ3v) is 5.10. The van der Waals surface area contributed by atoms with Gasteiger partial charge in [-0.25, -0.2) is 4.98 Å². The SMILES string of the molecule is C[C@@]1(c2ccc(C#N)nc2)Oc2ccccc2C(C2CCNCC2)O1. The van der Waals surface area contributed by atoms with E-state index in [1.165, 1.54) is 0 Å². The zero-order chi connectivity index (χ0) is 17.3. The van der Waals surface area contributed by atoms with E-state index in [4.69, 9.17) is 14.7 Å². The molecule has 0 radical (unpaired) electrons. The summed E-state index contributed by atoms with van der Waals surface area (Å²) >= 11 is 0. The summed E-state index contributed by atoms with van der Waals surface area (Å²) in [4.78, 5) is 4.18. The zero-order valence-corrected chi connectivity index (χ0v) is 14.2. The van der Waals surface area contributed by atoms with Crippen molar-refractivity contribution in [3.8, 4) is 11.8 Å². The van der Waals surface area contributed by atoms with Crippen LogP contribution in [-0.2, 0) is 10.5 Å². The number of nitrogens with one attached hydrogen (secondary N) is 1. The van der Waals surface area contributed by atoms with Crippen LogP contribution in [0.15, 0.2) is 42.6 Å². The van der Waals surface area contributed by atoms with Gasteiger partial charge in [-0.15, -0.1) is 0 Å². The van der Waals surface area contributed by atoms with E-state index in [0.29, 0.717) is 11.6 Å². The Kier molecular flexibility index (Phi) is 4.16. The molecule has 0 saturated carbocycles. The topological polar surface area (TPSA) is 67.2 Å². The highest BCUT2D eigenvalue weighted by Gasteiger charge is 2.42. The third-order valence-electron chi connectivity index (χ3n) is 5.10. The lowest BCUT2D eigenvalue weighted by molar-refractivity contribution is -0.241. The number of nitriles is 1. The fourth-order valence-electron chi connectivity index (χ4n) is 3.70. The summed E-state index contributed by atoms with van der Waals surface area (Å²) in [7, 11) is 0. The number of piperidine rings is 1. The van der Waals surface area contributed by atoms with E-state index in [2.05, 4.69) is 16.4 Å². The fraction of sp³-hybridized carbons (Fsp3) is 0.400. The van der Waals surface area contributed by atoms with E-state index in [1.54, 1.807) is 12.3 Å². The average molecular weight is 335 g/mol. The van der Waals surface area contributed by atoms with E-state index in [0.717, 1.165) is 42.8 Å². The number of aromatic nitrogens is 1. The first-order chi connectivity index (χ1) is 12.2. The molecule has 1 aromatic carbocycles. The molecule has 2 atom stereocenters. The number of hydrogen-bond acceptors (Lipinski definition) is 5. The lowest BCUT2D eigenvalue weighted by Gasteiger charge is -2.43. The average Bonchev–Trinajstić information content (AvgIpc) is 2.68. The van der Waals surface area contributed by atoms with E-state index in [9.17, 15) is 0 Å². The van der Waals surface area contributed by atoms with Crippen molar-refractivity contribution in [3.63, 3.8) is 0 Å². The van der Waals surface area contributed by atoms with Crippen molar-refractivity contribution in [3.05, 3.63) is 59.4 Å². The second-order valence-electron chi connectivity index (χ2n) is 6.76. The zero-order valence-electron chi connectivity index (χ0n) is 14.2. The first-order valence-corrected chi connectivity index (χ1v) is 8.73. The minimum atomic E-state index is -0.912. The highest BCUT2D eigenvalue weighted by molar-refractivity contribution is 5.39. The second kappa shape index (κ2) is 6.47. The van der Waals surface area contributed by atoms with Gasteiger partial charge < -0.3 is 14.8 Å². The summed E-state index contributed by atoms with van der Waals surface area (Å²) in [6.07, 6.45) is 3.83. The third kappa shape index (κ3) is 2.99. The molecular formula is C20H21N3O2. The van der Waals surface area contributed by atoms with Crippen molar-refractivity contribution in [1.82, 2.24) is 10.3 Å². The second-order valence-corrected chi connectivity index (χ2v) is 6.76. The van der Waals surface area contributed by atoms with Crippen molar-refractivity contribution in [2.24, 2.45) is 5.92 Å². The Bertz CT molecular complexity index is 793. The molecular weight excluding hydrogens is 314 g/mol. The molecule has 2 aromatic rings. The van der Waals surface area contributed by atoms with Gasteiger partial charge in [-0.3, -0.25) is 0 Å². The minimum Gasteiger partial charge on any atom is -0.458 e. The molecule has 1 aromatic heterocycles. The first kappa shape index (κ1) is 16.1. The smallest absolute Gasteiger partial charge is 0.236 e. The molecule has 128 valence electrons. The van der Waals surface area contributed by atoms with Gasteiger partial charge in [0.25, 0.3) is 0 Å². The molecule has 0 spiro atoms. The summed E-state index contributed by atoms with van der Waals surface area (Å²) in [5.41, 5.74) is 2.33. The highest BCUT2D eigenvalue weighted by atomic mass is 16.7. The Morgan fingerprint density at radius 3 is 2.72 bits per heavy atom. The lowest BCUT2D eigenvalue weighted by atomic mass is 9.86. The molecule has 0 amide bonds. The molecule has 3 heterocycles. The van der Waals surface area contributed by atoms with Gasteiger partial charge in [-0.1, -0.05) is 18.2 Å². The van der Waals surface area contributed by atoms with Gasteiger partial charge in [-0.05, 0) is 50.0 Å². The minimum absolute atomic E-state index is 0.00677. The summed E-state index contributed by atoms with van der Waals surface area (Å²) in [6, 6.07) is 13.7. The first-order valence-electron chi connectivity index (χ1n) is 8.73. The number of para-hydroxylation sites is 1. The molecule has 2 aliphatic heterocycles. The van der Waals surface area contributed by atoms with Crippen LogP contribution in [0.25, 0.3) is 0 Å². The maximum absolute atomic E-state index is 8.96. The standard InChI is InChI=1S/C20H21N3O2/c1-20(15-6-7-16(12-21)23-13-15)24-18-5-3-2-4-17(18)19(25-20)14-8-10-22-11-9-14/h2-7,13-14,19,22H,8-11H2,1H3/t19?,20-/m1/s1. The quantitative estimate of drug-likeness (QED) is 0.912. The van der Waals surface area contributed by atoms with E-state index in [-0.39, 0.29) is 6.10 Å². The van der Waals surface area contributed by atoms with Crippen LogP contribution in [0.4, 0.5) is 0 Å². The predicted molar refractivity (Wildman–Crippen MR) is 92.8 cm³/mol. The number of rotatable bonds is 2. The number of fused-ring (bicyclic) bond motifs is 1. The molecule has 25 heavy (non-hydrogen) atoms. The Labute approximate surface area is 147 Å². The van der Waals surface area contributed by atoms with Gasteiger partial charge in [0.2, 0.25) is 5.79 Å². The number of benzene rings is 1. The Morgan fingerprint density at radius 2 is 2.00 bits per heavy atom. The summed E-state index contributed by atoms with van der Waals surface area (Å²) in [5.74, 6) is 0.409. The molecule has 1 saturated heterocycles. The van der Waals surface area contributed by atoms with Crippen molar-refractivity contribution in [1.29, 1.82) is 5.26 Å². The van der Waals surface area contributed by atoms with Crippen molar-refractivity contribution in [2.75, 3.05) is 13.1 Å². The molecule has 1 fully saturated rings. The van der Waals surface area contributed by atoms with Crippen LogP contribution in [0, 0.1) is 17.2 Å². The monoisotopic (exact) mass is 335 g/mol. The van der Waals surface area contributed by atoms with Crippen LogP contribution in [-0.4, -0.2) is 18.1 Å². The highest BCUT2D eigenvalue weighted by Crippen LogP contribution is 2.47. The van der Waals surface area contributed by atoms with Gasteiger partial charge in [-0.2, -0.15) is 5.26 Å². The maximum Gasteiger partial charge on any atom is 0.236 e. The molecule has 1 N–H and O–H groups in total. The molecule has 0 aliphatic carbocycles. The van der Waals surface area contributed by atoms with E-state index in [1.807, 2.05) is 37.3 Å². The maximum atomic E-state index is 8.96. The lowest BCUT2D eigenvalue weighted by Crippen LogP contribution is -2.42. The van der Waals surface area contributed by atoms with Crippen molar-refractivity contribution < 1.29 is 9.47 Å². The molecule has 0 bridgehead atoms. The number of hydrogen-bond donors (Lipinski definition) is 1. The van der Waals surface area contributed by atoms with Crippen molar-refractivity contribution in [2.45, 2.75) is 31.7 Å². The Hall–Kier alpha value is -2.42. The van der Waals surface area contributed by atoms with Gasteiger partial charge in [0, 0.05) is 24.2 Å². The largest absolute Gasteiger partial charge is 0.458 e. The van der Waals surface area contributed by atoms with Crippen LogP contribution in [0.1, 0.15) is 42.7 Å². The molecule has 5 heteroatoms. The Balaban J connectivity index is 1.71. The van der Waals surface area contributed by atoms with Crippen LogP contribution in [0.5, 0.6) is 5.75 Å². The van der Waals surface area contributed by atoms with Crippen LogP contribution >= 0.6 is 0 Å². The van der Waals surface area contributed by atoms with Gasteiger partial charge in [0.1, 0.15) is 17.5 Å². The summed E-state index contributed by atoms with van der Waals surface area (Å²) < 4.78 is 12.8. The molecule has 5 nitrogen and oxygen atoms in total. The number of ether oxygens (including phenoxy) is 2. The fourth-order valence-corrected chi connectivity index (χ4v) is 3.70. The van der Waals surface area contributed by atoms with Crippen molar-refractivity contribution >= 4 is 0 Å². The molecule has 2 aliphatic rings. The number of nitrogens with zero attached hydrogens (tertiary/aromatic N) is 2. The predicted octanol–water partition coefficient (Wildman–Crippen LogP) is 3.28. The summed E-state index contributed by atoms with van der Waals surface area (Å²) in [6.45, 7) is 3.96.